The number of ether oxygens (including phenoxy) is 1. The number of esters is 1. The van der Waals surface area contributed by atoms with E-state index in [0.29, 0.717) is 10.9 Å². The molecule has 1 aromatic heterocycles. The minimum absolute atomic E-state index is 0.0292. The summed E-state index contributed by atoms with van der Waals surface area (Å²) in [5, 5.41) is 0. The van der Waals surface area contributed by atoms with Gasteiger partial charge >= 0.3 is 5.97 Å². The Morgan fingerprint density at radius 2 is 2.00 bits per heavy atom. The lowest BCUT2D eigenvalue weighted by Crippen LogP contribution is -2.45. The molecule has 30 heavy (non-hydrogen) atoms. The van der Waals surface area contributed by atoms with Crippen molar-refractivity contribution in [1.29, 1.82) is 0 Å². The molecule has 2 aromatic rings. The van der Waals surface area contributed by atoms with Gasteiger partial charge in [-0.3, -0.25) is 9.52 Å². The summed E-state index contributed by atoms with van der Waals surface area (Å²) in [6, 6.07) is 9.14. The first-order valence-corrected chi connectivity index (χ1v) is 12.3. The zero-order chi connectivity index (χ0) is 21.7. The van der Waals surface area contributed by atoms with Crippen LogP contribution >= 0.6 is 22.9 Å². The second kappa shape index (κ2) is 9.80. The first-order chi connectivity index (χ1) is 14.3. The lowest BCUT2D eigenvalue weighted by Gasteiger charge is -2.35. The molecule has 162 valence electrons. The molecule has 1 N–H and O–H groups in total. The van der Waals surface area contributed by atoms with Crippen molar-refractivity contribution in [3.8, 4) is 0 Å². The maximum absolute atomic E-state index is 12.6. The third-order valence-electron chi connectivity index (χ3n) is 4.95. The molecule has 1 fully saturated rings. The highest BCUT2D eigenvalue weighted by Crippen LogP contribution is 2.28. The van der Waals surface area contributed by atoms with Crippen molar-refractivity contribution in [2.24, 2.45) is 0 Å². The molecule has 1 aliphatic heterocycles. The van der Waals surface area contributed by atoms with Gasteiger partial charge < -0.3 is 9.64 Å². The van der Waals surface area contributed by atoms with E-state index in [1.54, 1.807) is 17.0 Å². The minimum atomic E-state index is -3.91. The Morgan fingerprint density at radius 3 is 2.70 bits per heavy atom. The first-order valence-electron chi connectivity index (χ1n) is 9.65. The number of thiophene rings is 1. The first kappa shape index (κ1) is 22.6. The van der Waals surface area contributed by atoms with Gasteiger partial charge in [0.1, 0.15) is 4.21 Å². The number of anilines is 1. The molecule has 2 heterocycles. The van der Waals surface area contributed by atoms with Crippen molar-refractivity contribution >= 4 is 50.5 Å². The van der Waals surface area contributed by atoms with Crippen LogP contribution in [0.2, 0.25) is 4.34 Å². The number of carbonyl (C=O) groups is 2. The van der Waals surface area contributed by atoms with Crippen LogP contribution < -0.4 is 4.72 Å². The number of piperidine rings is 1. The van der Waals surface area contributed by atoms with Gasteiger partial charge in [0.25, 0.3) is 15.9 Å². The summed E-state index contributed by atoms with van der Waals surface area (Å²) in [6.07, 6.45) is 3.84. The lowest BCUT2D eigenvalue weighted by molar-refractivity contribution is -0.138. The van der Waals surface area contributed by atoms with Gasteiger partial charge in [-0.15, -0.1) is 11.3 Å². The Bertz CT molecular complexity index is 1020. The number of para-hydroxylation sites is 1. The molecule has 1 aromatic carbocycles. The molecule has 7 nitrogen and oxygen atoms in total. The molecule has 1 amide bonds. The van der Waals surface area contributed by atoms with Gasteiger partial charge in [-0.1, -0.05) is 30.7 Å². The number of hydrogen-bond donors (Lipinski definition) is 1. The highest BCUT2D eigenvalue weighted by atomic mass is 35.5. The number of hydrogen-bond acceptors (Lipinski definition) is 6. The summed E-state index contributed by atoms with van der Waals surface area (Å²) in [6.45, 7) is 2.32. The van der Waals surface area contributed by atoms with Crippen molar-refractivity contribution in [3.05, 3.63) is 46.3 Å². The summed E-state index contributed by atoms with van der Waals surface area (Å²) >= 11 is 6.73. The molecule has 1 aliphatic rings. The second-order valence-corrected chi connectivity index (χ2v) is 10.6. The van der Waals surface area contributed by atoms with Crippen LogP contribution in [0.4, 0.5) is 5.69 Å². The minimum Gasteiger partial charge on any atom is -0.452 e. The Kier molecular flexibility index (Phi) is 7.38. The predicted octanol–water partition coefficient (Wildman–Crippen LogP) is 4.15. The fraction of sp³-hybridized carbons (Fsp3) is 0.400. The molecule has 1 atom stereocenters. The fourth-order valence-electron chi connectivity index (χ4n) is 3.43. The summed E-state index contributed by atoms with van der Waals surface area (Å²) in [5.74, 6) is -1.00. The van der Waals surface area contributed by atoms with Crippen LogP contribution in [0.5, 0.6) is 0 Å². The maximum Gasteiger partial charge on any atom is 0.340 e. The number of nitrogens with one attached hydrogen (secondary N) is 1. The van der Waals surface area contributed by atoms with Gasteiger partial charge in [-0.05, 0) is 49.9 Å². The molecule has 1 unspecified atom stereocenters. The molecule has 10 heteroatoms. The van der Waals surface area contributed by atoms with E-state index in [-0.39, 0.29) is 34.0 Å². The number of halogens is 1. The quantitative estimate of drug-likeness (QED) is 0.613. The molecule has 0 spiro atoms. The van der Waals surface area contributed by atoms with Crippen LogP contribution in [-0.2, 0) is 19.6 Å². The van der Waals surface area contributed by atoms with Crippen LogP contribution in [0.1, 0.15) is 43.0 Å². The number of likely N-dealkylation sites (tertiary alicyclic amines) is 1. The molecule has 0 aliphatic carbocycles. The van der Waals surface area contributed by atoms with Crippen LogP contribution in [0.15, 0.2) is 40.6 Å². The van der Waals surface area contributed by atoms with Gasteiger partial charge in [0, 0.05) is 12.6 Å². The Hall–Kier alpha value is -2.10. The molecular weight excluding hydrogens is 448 g/mol. The van der Waals surface area contributed by atoms with Crippen LogP contribution in [-0.4, -0.2) is 44.4 Å². The lowest BCUT2D eigenvalue weighted by atomic mass is 10.00. The molecule has 0 radical (unpaired) electrons. The summed E-state index contributed by atoms with van der Waals surface area (Å²) < 4.78 is 33.1. The van der Waals surface area contributed by atoms with E-state index in [2.05, 4.69) is 4.72 Å². The Morgan fingerprint density at radius 1 is 1.23 bits per heavy atom. The van der Waals surface area contributed by atoms with E-state index in [0.717, 1.165) is 37.0 Å². The normalized spacial score (nSPS) is 16.9. The van der Waals surface area contributed by atoms with Crippen LogP contribution in [0, 0.1) is 0 Å². The average Bonchev–Trinajstić information content (AvgIpc) is 3.19. The zero-order valence-electron chi connectivity index (χ0n) is 16.5. The van der Waals surface area contributed by atoms with E-state index in [4.69, 9.17) is 16.3 Å². The third-order valence-corrected chi connectivity index (χ3v) is 8.04. The molecule has 0 saturated carbocycles. The van der Waals surface area contributed by atoms with Gasteiger partial charge in [-0.2, -0.15) is 0 Å². The zero-order valence-corrected chi connectivity index (χ0v) is 18.9. The van der Waals surface area contributed by atoms with E-state index in [1.165, 1.54) is 24.3 Å². The van der Waals surface area contributed by atoms with Gasteiger partial charge in [0.15, 0.2) is 6.61 Å². The summed E-state index contributed by atoms with van der Waals surface area (Å²) in [4.78, 5) is 26.9. The van der Waals surface area contributed by atoms with Crippen molar-refractivity contribution in [3.63, 3.8) is 0 Å². The van der Waals surface area contributed by atoms with E-state index >= 15 is 0 Å². The third kappa shape index (κ3) is 5.33. The van der Waals surface area contributed by atoms with Crippen molar-refractivity contribution in [2.45, 2.75) is 42.9 Å². The molecule has 3 rings (SSSR count). The number of benzene rings is 1. The van der Waals surface area contributed by atoms with Gasteiger partial charge in [0.05, 0.1) is 15.6 Å². The number of nitrogens with zero attached hydrogens (tertiary/aromatic N) is 1. The van der Waals surface area contributed by atoms with Crippen LogP contribution in [0.25, 0.3) is 0 Å². The largest absolute Gasteiger partial charge is 0.452 e. The maximum atomic E-state index is 12.6. The van der Waals surface area contributed by atoms with Crippen LogP contribution in [0.3, 0.4) is 0 Å². The molecular formula is C20H23ClN2O5S2. The SMILES string of the molecule is CCC1CCCCN1C(=O)COC(=O)c1ccccc1NS(=O)(=O)c1ccc(Cl)s1. The van der Waals surface area contributed by atoms with E-state index in [1.807, 2.05) is 6.92 Å². The highest BCUT2D eigenvalue weighted by molar-refractivity contribution is 7.94. The summed E-state index contributed by atoms with van der Waals surface area (Å²) in [7, 11) is -3.91. The topological polar surface area (TPSA) is 92.8 Å². The van der Waals surface area contributed by atoms with Crippen molar-refractivity contribution in [1.82, 2.24) is 4.90 Å². The smallest absolute Gasteiger partial charge is 0.340 e. The standard InChI is InChI=1S/C20H23ClN2O5S2/c1-2-14-7-5-6-12-23(14)18(24)13-28-20(25)15-8-3-4-9-16(15)22-30(26,27)19-11-10-17(21)29-19/h3-4,8-11,14,22H,2,5-7,12-13H2,1H3. The number of amides is 1. The van der Waals surface area contributed by atoms with Gasteiger partial charge in [-0.25, -0.2) is 13.2 Å². The second-order valence-electron chi connectivity index (χ2n) is 6.93. The van der Waals surface area contributed by atoms with E-state index in [9.17, 15) is 18.0 Å². The Labute approximate surface area is 185 Å². The number of sulfonamides is 1. The molecule has 1 saturated heterocycles. The summed E-state index contributed by atoms with van der Waals surface area (Å²) in [5.41, 5.74) is 0.103. The van der Waals surface area contributed by atoms with Gasteiger partial charge in [0.2, 0.25) is 0 Å². The highest BCUT2D eigenvalue weighted by Gasteiger charge is 2.27. The number of carbonyl (C=O) groups excluding carboxylic acids is 2. The van der Waals surface area contributed by atoms with E-state index < -0.39 is 16.0 Å². The van der Waals surface area contributed by atoms with Crippen molar-refractivity contribution in [2.75, 3.05) is 17.9 Å². The average molecular weight is 471 g/mol. The van der Waals surface area contributed by atoms with Crippen molar-refractivity contribution < 1.29 is 22.7 Å². The monoisotopic (exact) mass is 470 g/mol. The molecule has 0 bridgehead atoms. The number of rotatable bonds is 7. The Balaban J connectivity index is 1.69. The predicted molar refractivity (Wildman–Crippen MR) is 117 cm³/mol. The fourth-order valence-corrected chi connectivity index (χ4v) is 5.99.